The van der Waals surface area contributed by atoms with Crippen molar-refractivity contribution in [3.8, 4) is 11.1 Å². The third-order valence-electron chi connectivity index (χ3n) is 3.04. The van der Waals surface area contributed by atoms with Crippen LogP contribution >= 0.6 is 11.6 Å². The fourth-order valence-electron chi connectivity index (χ4n) is 2.25. The summed E-state index contributed by atoms with van der Waals surface area (Å²) in [6.45, 7) is 2.13. The van der Waals surface area contributed by atoms with Crippen molar-refractivity contribution < 1.29 is 4.42 Å². The van der Waals surface area contributed by atoms with Crippen LogP contribution in [0.25, 0.3) is 22.2 Å². The first-order chi connectivity index (χ1) is 9.19. The van der Waals surface area contributed by atoms with E-state index >= 15 is 0 Å². The van der Waals surface area contributed by atoms with Gasteiger partial charge in [-0.15, -0.1) is 0 Å². The standard InChI is InChI=1S/C14H14ClN3O/c1-3-4-11-13(9-6-17-18(2)8-9)14-12(19-11)5-10(15)7-16-14/h5-8H,3-4H2,1-2H3. The van der Waals surface area contributed by atoms with Crippen LogP contribution in [0.1, 0.15) is 19.1 Å². The Balaban J connectivity index is 2.27. The minimum atomic E-state index is 0.585. The van der Waals surface area contributed by atoms with Crippen molar-refractivity contribution in [3.63, 3.8) is 0 Å². The van der Waals surface area contributed by atoms with Crippen LogP contribution in [0.3, 0.4) is 0 Å². The summed E-state index contributed by atoms with van der Waals surface area (Å²) >= 11 is 5.97. The lowest BCUT2D eigenvalue weighted by Gasteiger charge is -1.97. The van der Waals surface area contributed by atoms with Crippen LogP contribution in [-0.2, 0) is 13.5 Å². The molecule has 0 unspecified atom stereocenters. The van der Waals surface area contributed by atoms with Crippen LogP contribution < -0.4 is 0 Å². The Morgan fingerprint density at radius 1 is 1.37 bits per heavy atom. The quantitative estimate of drug-likeness (QED) is 0.729. The van der Waals surface area contributed by atoms with E-state index in [1.807, 2.05) is 25.5 Å². The van der Waals surface area contributed by atoms with E-state index in [0.717, 1.165) is 40.8 Å². The Morgan fingerprint density at radius 2 is 2.21 bits per heavy atom. The number of hydrogen-bond acceptors (Lipinski definition) is 3. The number of hydrogen-bond donors (Lipinski definition) is 0. The fourth-order valence-corrected chi connectivity index (χ4v) is 2.40. The van der Waals surface area contributed by atoms with E-state index in [0.29, 0.717) is 5.02 Å². The summed E-state index contributed by atoms with van der Waals surface area (Å²) in [6, 6.07) is 1.81. The zero-order valence-corrected chi connectivity index (χ0v) is 11.6. The van der Waals surface area contributed by atoms with Gasteiger partial charge >= 0.3 is 0 Å². The Labute approximate surface area is 116 Å². The van der Waals surface area contributed by atoms with Gasteiger partial charge < -0.3 is 4.42 Å². The zero-order valence-electron chi connectivity index (χ0n) is 10.9. The van der Waals surface area contributed by atoms with Gasteiger partial charge in [-0.1, -0.05) is 18.5 Å². The van der Waals surface area contributed by atoms with E-state index < -0.39 is 0 Å². The number of pyridine rings is 1. The Kier molecular flexibility index (Phi) is 3.03. The predicted octanol–water partition coefficient (Wildman–Crippen LogP) is 3.83. The van der Waals surface area contributed by atoms with Crippen molar-refractivity contribution >= 4 is 22.7 Å². The molecule has 3 aromatic rings. The maximum atomic E-state index is 5.97. The van der Waals surface area contributed by atoms with Gasteiger partial charge in [0.05, 0.1) is 16.8 Å². The minimum Gasteiger partial charge on any atom is -0.459 e. The molecule has 3 heterocycles. The Hall–Kier alpha value is -1.81. The summed E-state index contributed by atoms with van der Waals surface area (Å²) < 4.78 is 7.68. The molecular weight excluding hydrogens is 262 g/mol. The molecule has 0 amide bonds. The van der Waals surface area contributed by atoms with Gasteiger partial charge in [0.2, 0.25) is 0 Å². The highest BCUT2D eigenvalue weighted by atomic mass is 35.5. The molecule has 0 radical (unpaired) electrons. The third kappa shape index (κ3) is 2.12. The summed E-state index contributed by atoms with van der Waals surface area (Å²) in [6.07, 6.45) is 7.34. The van der Waals surface area contributed by atoms with Crippen molar-refractivity contribution in [1.82, 2.24) is 14.8 Å². The molecule has 3 rings (SSSR count). The first-order valence-electron chi connectivity index (χ1n) is 6.25. The average Bonchev–Trinajstić information content (AvgIpc) is 2.92. The van der Waals surface area contributed by atoms with E-state index in [9.17, 15) is 0 Å². The Morgan fingerprint density at radius 3 is 2.89 bits per heavy atom. The van der Waals surface area contributed by atoms with Crippen LogP contribution in [-0.4, -0.2) is 14.8 Å². The molecule has 0 fully saturated rings. The lowest BCUT2D eigenvalue weighted by atomic mass is 10.1. The normalized spacial score (nSPS) is 11.3. The van der Waals surface area contributed by atoms with Gasteiger partial charge in [-0.25, -0.2) is 0 Å². The van der Waals surface area contributed by atoms with Gasteiger partial charge in [0.15, 0.2) is 5.58 Å². The molecule has 0 aliphatic carbocycles. The summed E-state index contributed by atoms with van der Waals surface area (Å²) in [4.78, 5) is 4.41. The molecule has 98 valence electrons. The largest absolute Gasteiger partial charge is 0.459 e. The molecule has 4 nitrogen and oxygen atoms in total. The first-order valence-corrected chi connectivity index (χ1v) is 6.62. The molecule has 19 heavy (non-hydrogen) atoms. The molecule has 0 bridgehead atoms. The van der Waals surface area contributed by atoms with E-state index in [1.54, 1.807) is 10.9 Å². The maximum Gasteiger partial charge on any atom is 0.154 e. The topological polar surface area (TPSA) is 43.9 Å². The molecule has 3 aromatic heterocycles. The molecule has 5 heteroatoms. The van der Waals surface area contributed by atoms with E-state index in [-0.39, 0.29) is 0 Å². The van der Waals surface area contributed by atoms with E-state index in [1.165, 1.54) is 0 Å². The third-order valence-corrected chi connectivity index (χ3v) is 3.25. The summed E-state index contributed by atoms with van der Waals surface area (Å²) in [5.41, 5.74) is 3.64. The molecule has 0 saturated heterocycles. The van der Waals surface area contributed by atoms with Gasteiger partial charge in [0.25, 0.3) is 0 Å². The van der Waals surface area contributed by atoms with Crippen LogP contribution in [0.4, 0.5) is 0 Å². The van der Waals surface area contributed by atoms with Crippen LogP contribution in [0.2, 0.25) is 5.02 Å². The minimum absolute atomic E-state index is 0.585. The summed E-state index contributed by atoms with van der Waals surface area (Å²) in [5.74, 6) is 0.945. The number of nitrogens with zero attached hydrogens (tertiary/aromatic N) is 3. The van der Waals surface area contributed by atoms with E-state index in [4.69, 9.17) is 16.0 Å². The predicted molar refractivity (Wildman–Crippen MR) is 75.2 cm³/mol. The lowest BCUT2D eigenvalue weighted by Crippen LogP contribution is -1.86. The van der Waals surface area contributed by atoms with Gasteiger partial charge in [-0.2, -0.15) is 5.10 Å². The molecule has 0 N–H and O–H groups in total. The summed E-state index contributed by atoms with van der Waals surface area (Å²) in [5, 5.41) is 4.80. The van der Waals surface area contributed by atoms with Gasteiger partial charge in [-0.3, -0.25) is 9.67 Å². The second kappa shape index (κ2) is 4.70. The molecule has 0 aliphatic heterocycles. The molecular formula is C14H14ClN3O. The number of fused-ring (bicyclic) bond motifs is 1. The monoisotopic (exact) mass is 275 g/mol. The van der Waals surface area contributed by atoms with Crippen molar-refractivity contribution in [3.05, 3.63) is 35.4 Å². The molecule has 0 saturated carbocycles. The van der Waals surface area contributed by atoms with Crippen molar-refractivity contribution in [2.45, 2.75) is 19.8 Å². The zero-order chi connectivity index (χ0) is 13.4. The van der Waals surface area contributed by atoms with Crippen molar-refractivity contribution in [2.75, 3.05) is 0 Å². The van der Waals surface area contributed by atoms with Crippen LogP contribution in [0, 0.1) is 0 Å². The van der Waals surface area contributed by atoms with Gasteiger partial charge in [0, 0.05) is 37.5 Å². The average molecular weight is 276 g/mol. The molecule has 0 spiro atoms. The maximum absolute atomic E-state index is 5.97. The smallest absolute Gasteiger partial charge is 0.154 e. The van der Waals surface area contributed by atoms with Crippen LogP contribution in [0.5, 0.6) is 0 Å². The first kappa shape index (κ1) is 12.2. The van der Waals surface area contributed by atoms with E-state index in [2.05, 4.69) is 17.0 Å². The second-order valence-electron chi connectivity index (χ2n) is 4.55. The van der Waals surface area contributed by atoms with Crippen molar-refractivity contribution in [1.29, 1.82) is 0 Å². The SMILES string of the molecule is CCCc1oc2cc(Cl)cnc2c1-c1cnn(C)c1. The number of rotatable bonds is 3. The van der Waals surface area contributed by atoms with Gasteiger partial charge in [0.1, 0.15) is 11.3 Å². The molecule has 0 aliphatic rings. The van der Waals surface area contributed by atoms with Gasteiger partial charge in [-0.05, 0) is 6.42 Å². The lowest BCUT2D eigenvalue weighted by molar-refractivity contribution is 0.546. The number of furan rings is 1. The fraction of sp³-hybridized carbons (Fsp3) is 0.286. The van der Waals surface area contributed by atoms with Crippen LogP contribution in [0.15, 0.2) is 29.1 Å². The number of halogens is 1. The Bertz CT molecular complexity index is 729. The highest BCUT2D eigenvalue weighted by molar-refractivity contribution is 6.31. The van der Waals surface area contributed by atoms with Crippen molar-refractivity contribution in [2.24, 2.45) is 7.05 Å². The number of aryl methyl sites for hydroxylation is 2. The number of aromatic nitrogens is 3. The highest BCUT2D eigenvalue weighted by Gasteiger charge is 2.18. The molecule has 0 atom stereocenters. The summed E-state index contributed by atoms with van der Waals surface area (Å²) in [7, 11) is 1.90. The second-order valence-corrected chi connectivity index (χ2v) is 4.99. The molecule has 0 aromatic carbocycles. The highest BCUT2D eigenvalue weighted by Crippen LogP contribution is 2.35.